The molecule has 0 aliphatic heterocycles. The summed E-state index contributed by atoms with van der Waals surface area (Å²) in [6.07, 6.45) is 1.53. The number of hydrogen-bond acceptors (Lipinski definition) is 6. The van der Waals surface area contributed by atoms with Crippen LogP contribution in [0.4, 0.5) is 0 Å². The molecule has 0 unspecified atom stereocenters. The SMILES string of the molecule is COC(=O)COc1ccc(C=NNC(=O)CSCc2ccccc2Cl)cc1. The van der Waals surface area contributed by atoms with Crippen LogP contribution in [0, 0.1) is 0 Å². The van der Waals surface area contributed by atoms with Crippen LogP contribution in [0.15, 0.2) is 53.6 Å². The molecule has 2 rings (SSSR count). The summed E-state index contributed by atoms with van der Waals surface area (Å²) in [6.45, 7) is -0.147. The number of esters is 1. The number of ether oxygens (including phenoxy) is 2. The van der Waals surface area contributed by atoms with E-state index in [4.69, 9.17) is 16.3 Å². The fourth-order valence-corrected chi connectivity index (χ4v) is 3.04. The minimum Gasteiger partial charge on any atom is -0.482 e. The summed E-state index contributed by atoms with van der Waals surface area (Å²) >= 11 is 7.54. The second kappa shape index (κ2) is 11.3. The summed E-state index contributed by atoms with van der Waals surface area (Å²) < 4.78 is 9.74. The topological polar surface area (TPSA) is 77.0 Å². The molecule has 0 aliphatic rings. The lowest BCUT2D eigenvalue weighted by Crippen LogP contribution is -2.19. The highest BCUT2D eigenvalue weighted by atomic mass is 35.5. The lowest BCUT2D eigenvalue weighted by Gasteiger charge is -2.04. The van der Waals surface area contributed by atoms with Gasteiger partial charge in [-0.2, -0.15) is 5.10 Å². The van der Waals surface area contributed by atoms with Gasteiger partial charge < -0.3 is 9.47 Å². The molecular formula is C19H19ClN2O4S. The lowest BCUT2D eigenvalue weighted by atomic mass is 10.2. The van der Waals surface area contributed by atoms with Crippen molar-refractivity contribution in [3.05, 3.63) is 64.7 Å². The Hall–Kier alpha value is -2.51. The number of rotatable bonds is 9. The van der Waals surface area contributed by atoms with Crippen molar-refractivity contribution in [2.45, 2.75) is 5.75 Å². The first-order valence-electron chi connectivity index (χ1n) is 8.01. The maximum absolute atomic E-state index is 11.8. The fraction of sp³-hybridized carbons (Fsp3) is 0.211. The van der Waals surface area contributed by atoms with Gasteiger partial charge in [0.15, 0.2) is 6.61 Å². The Morgan fingerprint density at radius 2 is 1.93 bits per heavy atom. The number of carbonyl (C=O) groups excluding carboxylic acids is 2. The van der Waals surface area contributed by atoms with Gasteiger partial charge in [0.25, 0.3) is 0 Å². The Morgan fingerprint density at radius 1 is 1.19 bits per heavy atom. The van der Waals surface area contributed by atoms with Gasteiger partial charge >= 0.3 is 5.97 Å². The van der Waals surface area contributed by atoms with Crippen molar-refractivity contribution in [1.29, 1.82) is 0 Å². The van der Waals surface area contributed by atoms with E-state index in [9.17, 15) is 9.59 Å². The standard InChI is InChI=1S/C19H19ClN2O4S/c1-25-19(24)11-26-16-8-6-14(7-9-16)10-21-22-18(23)13-27-12-15-4-2-3-5-17(15)20/h2-10H,11-13H2,1H3,(H,22,23). The average molecular weight is 407 g/mol. The van der Waals surface area contributed by atoms with E-state index in [1.165, 1.54) is 25.1 Å². The van der Waals surface area contributed by atoms with Gasteiger partial charge in [-0.25, -0.2) is 10.2 Å². The largest absolute Gasteiger partial charge is 0.482 e. The van der Waals surface area contributed by atoms with Crippen LogP contribution in [-0.4, -0.2) is 37.6 Å². The summed E-state index contributed by atoms with van der Waals surface area (Å²) in [7, 11) is 1.30. The van der Waals surface area contributed by atoms with Gasteiger partial charge in [0.1, 0.15) is 5.75 Å². The third-order valence-electron chi connectivity index (χ3n) is 3.32. The number of halogens is 1. The number of carbonyl (C=O) groups is 2. The van der Waals surface area contributed by atoms with Crippen LogP contribution in [-0.2, 0) is 20.1 Å². The number of thioether (sulfide) groups is 1. The smallest absolute Gasteiger partial charge is 0.343 e. The number of methoxy groups -OCH3 is 1. The number of hydrazone groups is 1. The third kappa shape index (κ3) is 7.72. The quantitative estimate of drug-likeness (QED) is 0.393. The molecule has 27 heavy (non-hydrogen) atoms. The fourth-order valence-electron chi connectivity index (χ4n) is 1.93. The molecule has 142 valence electrons. The Bertz CT molecular complexity index is 797. The summed E-state index contributed by atoms with van der Waals surface area (Å²) in [4.78, 5) is 22.8. The number of benzene rings is 2. The van der Waals surface area contributed by atoms with E-state index in [1.807, 2.05) is 24.3 Å². The Labute approximate surface area is 166 Å². The van der Waals surface area contributed by atoms with Gasteiger partial charge in [-0.15, -0.1) is 11.8 Å². The van der Waals surface area contributed by atoms with Crippen molar-refractivity contribution < 1.29 is 19.1 Å². The highest BCUT2D eigenvalue weighted by Gasteiger charge is 2.03. The third-order valence-corrected chi connectivity index (χ3v) is 4.67. The van der Waals surface area contributed by atoms with Crippen molar-refractivity contribution >= 4 is 41.5 Å². The van der Waals surface area contributed by atoms with Gasteiger partial charge in [0, 0.05) is 10.8 Å². The van der Waals surface area contributed by atoms with E-state index in [0.717, 1.165) is 11.1 Å². The van der Waals surface area contributed by atoms with E-state index in [1.54, 1.807) is 24.3 Å². The molecule has 8 heteroatoms. The first-order chi connectivity index (χ1) is 13.1. The van der Waals surface area contributed by atoms with Crippen molar-refractivity contribution in [3.63, 3.8) is 0 Å². The highest BCUT2D eigenvalue weighted by Crippen LogP contribution is 2.20. The summed E-state index contributed by atoms with van der Waals surface area (Å²) in [5, 5.41) is 4.62. The molecule has 0 atom stereocenters. The molecule has 1 amide bonds. The van der Waals surface area contributed by atoms with Gasteiger partial charge in [-0.1, -0.05) is 29.8 Å². The molecule has 0 spiro atoms. The Balaban J connectivity index is 1.70. The second-order valence-electron chi connectivity index (χ2n) is 5.31. The molecule has 6 nitrogen and oxygen atoms in total. The van der Waals surface area contributed by atoms with Crippen LogP contribution in [0.1, 0.15) is 11.1 Å². The molecule has 0 fully saturated rings. The zero-order valence-corrected chi connectivity index (χ0v) is 16.3. The summed E-state index contributed by atoms with van der Waals surface area (Å²) in [5.74, 6) is 0.835. The maximum Gasteiger partial charge on any atom is 0.343 e. The molecule has 1 N–H and O–H groups in total. The molecule has 0 heterocycles. The van der Waals surface area contributed by atoms with E-state index < -0.39 is 5.97 Å². The Kier molecular flexibility index (Phi) is 8.67. The monoisotopic (exact) mass is 406 g/mol. The van der Waals surface area contributed by atoms with E-state index >= 15 is 0 Å². The summed E-state index contributed by atoms with van der Waals surface area (Å²) in [5.41, 5.74) is 4.26. The zero-order chi connectivity index (χ0) is 19.5. The van der Waals surface area contributed by atoms with Crippen molar-refractivity contribution in [2.24, 2.45) is 5.10 Å². The van der Waals surface area contributed by atoms with Gasteiger partial charge in [0.2, 0.25) is 5.91 Å². The molecule has 2 aromatic carbocycles. The summed E-state index contributed by atoms with van der Waals surface area (Å²) in [6, 6.07) is 14.5. The molecule has 0 radical (unpaired) electrons. The van der Waals surface area contributed by atoms with Gasteiger partial charge in [-0.05, 0) is 41.5 Å². The van der Waals surface area contributed by atoms with Gasteiger partial charge in [-0.3, -0.25) is 4.79 Å². The molecule has 0 aromatic heterocycles. The minimum absolute atomic E-state index is 0.147. The molecular weight excluding hydrogens is 388 g/mol. The predicted octanol–water partition coefficient (Wildman–Crippen LogP) is 3.28. The second-order valence-corrected chi connectivity index (χ2v) is 6.70. The number of nitrogens with one attached hydrogen (secondary N) is 1. The van der Waals surface area contributed by atoms with Crippen LogP contribution in [0.25, 0.3) is 0 Å². The van der Waals surface area contributed by atoms with E-state index in [2.05, 4.69) is 15.3 Å². The van der Waals surface area contributed by atoms with Crippen LogP contribution in [0.3, 0.4) is 0 Å². The van der Waals surface area contributed by atoms with E-state index in [-0.39, 0.29) is 18.3 Å². The van der Waals surface area contributed by atoms with Crippen molar-refractivity contribution in [2.75, 3.05) is 19.5 Å². The average Bonchev–Trinajstić information content (AvgIpc) is 2.68. The van der Waals surface area contributed by atoms with Gasteiger partial charge in [0.05, 0.1) is 19.1 Å². The first-order valence-corrected chi connectivity index (χ1v) is 9.54. The molecule has 0 bridgehead atoms. The predicted molar refractivity (Wildman–Crippen MR) is 107 cm³/mol. The zero-order valence-electron chi connectivity index (χ0n) is 14.7. The number of hydrogen-bond donors (Lipinski definition) is 1. The van der Waals surface area contributed by atoms with Crippen LogP contribution < -0.4 is 10.2 Å². The van der Waals surface area contributed by atoms with E-state index in [0.29, 0.717) is 16.5 Å². The number of nitrogens with zero attached hydrogens (tertiary/aromatic N) is 1. The molecule has 0 saturated carbocycles. The minimum atomic E-state index is -0.448. The van der Waals surface area contributed by atoms with Crippen LogP contribution in [0.5, 0.6) is 5.75 Å². The number of amides is 1. The normalized spacial score (nSPS) is 10.6. The highest BCUT2D eigenvalue weighted by molar-refractivity contribution is 7.99. The molecule has 0 aliphatic carbocycles. The molecule has 2 aromatic rings. The lowest BCUT2D eigenvalue weighted by molar-refractivity contribution is -0.142. The van der Waals surface area contributed by atoms with Crippen molar-refractivity contribution in [1.82, 2.24) is 5.43 Å². The van der Waals surface area contributed by atoms with Crippen LogP contribution in [0.2, 0.25) is 5.02 Å². The first kappa shape index (κ1) is 20.8. The van der Waals surface area contributed by atoms with Crippen molar-refractivity contribution in [3.8, 4) is 5.75 Å². The van der Waals surface area contributed by atoms with Crippen LogP contribution >= 0.6 is 23.4 Å². The Morgan fingerprint density at radius 3 is 2.63 bits per heavy atom. The maximum atomic E-state index is 11.8. The molecule has 0 saturated heterocycles.